The van der Waals surface area contributed by atoms with Crippen molar-refractivity contribution in [3.8, 4) is 11.5 Å². The Morgan fingerprint density at radius 1 is 1.33 bits per heavy atom. The molecule has 1 amide bonds. The van der Waals surface area contributed by atoms with E-state index >= 15 is 0 Å². The number of hydrogen-bond acceptors (Lipinski definition) is 7. The van der Waals surface area contributed by atoms with Crippen LogP contribution in [0.5, 0.6) is 0 Å². The summed E-state index contributed by atoms with van der Waals surface area (Å²) in [4.78, 5) is 26.6. The van der Waals surface area contributed by atoms with Gasteiger partial charge in [0.05, 0.1) is 6.20 Å². The van der Waals surface area contributed by atoms with E-state index < -0.39 is 0 Å². The van der Waals surface area contributed by atoms with Crippen molar-refractivity contribution in [2.45, 2.75) is 39.7 Å². The highest BCUT2D eigenvalue weighted by Gasteiger charge is 2.18. The Balaban J connectivity index is 1.83. The lowest BCUT2D eigenvalue weighted by Gasteiger charge is -2.19. The quantitative estimate of drug-likeness (QED) is 0.747. The lowest BCUT2D eigenvalue weighted by molar-refractivity contribution is 0.0893. The van der Waals surface area contributed by atoms with Crippen molar-refractivity contribution in [2.75, 3.05) is 19.6 Å². The van der Waals surface area contributed by atoms with E-state index in [9.17, 15) is 4.79 Å². The third-order valence-corrected chi connectivity index (χ3v) is 3.80. The number of amides is 1. The van der Waals surface area contributed by atoms with Crippen LogP contribution in [0.4, 0.5) is 0 Å². The molecule has 24 heavy (non-hydrogen) atoms. The van der Waals surface area contributed by atoms with Crippen LogP contribution in [0.1, 0.15) is 44.3 Å². The molecule has 0 saturated carbocycles. The van der Waals surface area contributed by atoms with E-state index in [4.69, 9.17) is 4.52 Å². The SMILES string of the molecule is CCN(CC)CCCC(C)NC(=O)c1nc(-c2cnccn2)no1. The van der Waals surface area contributed by atoms with Crippen molar-refractivity contribution in [1.29, 1.82) is 0 Å². The summed E-state index contributed by atoms with van der Waals surface area (Å²) in [6.07, 6.45) is 6.52. The van der Waals surface area contributed by atoms with E-state index in [0.717, 1.165) is 32.5 Å². The van der Waals surface area contributed by atoms with Crippen molar-refractivity contribution in [2.24, 2.45) is 0 Å². The average Bonchev–Trinajstić information content (AvgIpc) is 3.10. The molecule has 0 aliphatic rings. The maximum atomic E-state index is 12.2. The molecule has 0 spiro atoms. The molecule has 2 rings (SSSR count). The second-order valence-corrected chi connectivity index (χ2v) is 5.56. The number of carbonyl (C=O) groups excluding carboxylic acids is 1. The van der Waals surface area contributed by atoms with Crippen LogP contribution in [0.15, 0.2) is 23.1 Å². The second kappa shape index (κ2) is 9.07. The first kappa shape index (κ1) is 18.0. The van der Waals surface area contributed by atoms with E-state index in [1.807, 2.05) is 6.92 Å². The number of nitrogens with one attached hydrogen (secondary N) is 1. The molecule has 0 aromatic carbocycles. The monoisotopic (exact) mass is 332 g/mol. The maximum absolute atomic E-state index is 12.2. The summed E-state index contributed by atoms with van der Waals surface area (Å²) >= 11 is 0. The molecule has 8 heteroatoms. The van der Waals surface area contributed by atoms with Crippen molar-refractivity contribution < 1.29 is 9.32 Å². The third-order valence-electron chi connectivity index (χ3n) is 3.80. The standard InChI is InChI=1S/C16H24N6O2/c1-4-22(5-2)10-6-7-12(3)19-15(23)16-20-14(21-24-16)13-11-17-8-9-18-13/h8-9,11-12H,4-7,10H2,1-3H3,(H,19,23). The van der Waals surface area contributed by atoms with Crippen LogP contribution in [0.2, 0.25) is 0 Å². The van der Waals surface area contributed by atoms with Gasteiger partial charge >= 0.3 is 11.8 Å². The number of carbonyl (C=O) groups is 1. The van der Waals surface area contributed by atoms with Crippen molar-refractivity contribution in [3.63, 3.8) is 0 Å². The van der Waals surface area contributed by atoms with Crippen molar-refractivity contribution in [3.05, 3.63) is 24.5 Å². The summed E-state index contributed by atoms with van der Waals surface area (Å²) in [7, 11) is 0. The zero-order valence-electron chi connectivity index (χ0n) is 14.4. The Morgan fingerprint density at radius 2 is 2.12 bits per heavy atom. The first-order valence-corrected chi connectivity index (χ1v) is 8.27. The van der Waals surface area contributed by atoms with E-state index in [-0.39, 0.29) is 23.7 Å². The van der Waals surface area contributed by atoms with Crippen molar-refractivity contribution in [1.82, 2.24) is 30.3 Å². The smallest absolute Gasteiger partial charge is 0.316 e. The Morgan fingerprint density at radius 3 is 2.79 bits per heavy atom. The molecule has 2 aromatic heterocycles. The van der Waals surface area contributed by atoms with Gasteiger partial charge in [-0.2, -0.15) is 4.98 Å². The summed E-state index contributed by atoms with van der Waals surface area (Å²) in [6.45, 7) is 9.40. The van der Waals surface area contributed by atoms with Gasteiger partial charge in [0.1, 0.15) is 5.69 Å². The number of rotatable bonds is 9. The minimum atomic E-state index is -0.368. The molecule has 0 saturated heterocycles. The molecule has 1 unspecified atom stereocenters. The first-order chi connectivity index (χ1) is 11.6. The molecule has 130 valence electrons. The summed E-state index contributed by atoms with van der Waals surface area (Å²) in [5.74, 6) is -0.179. The Labute approximate surface area is 141 Å². The highest BCUT2D eigenvalue weighted by Crippen LogP contribution is 2.11. The lowest BCUT2D eigenvalue weighted by atomic mass is 10.1. The average molecular weight is 332 g/mol. The first-order valence-electron chi connectivity index (χ1n) is 8.27. The van der Waals surface area contributed by atoms with Gasteiger partial charge in [0, 0.05) is 18.4 Å². The maximum Gasteiger partial charge on any atom is 0.316 e. The minimum absolute atomic E-state index is 0.0416. The summed E-state index contributed by atoms with van der Waals surface area (Å²) in [5.41, 5.74) is 0.465. The highest BCUT2D eigenvalue weighted by atomic mass is 16.5. The molecule has 0 fully saturated rings. The van der Waals surface area contributed by atoms with Gasteiger partial charge < -0.3 is 14.7 Å². The van der Waals surface area contributed by atoms with Gasteiger partial charge in [0.2, 0.25) is 5.82 Å². The van der Waals surface area contributed by atoms with Crippen LogP contribution in [0.3, 0.4) is 0 Å². The van der Waals surface area contributed by atoms with Gasteiger partial charge in [-0.1, -0.05) is 19.0 Å². The molecular weight excluding hydrogens is 308 g/mol. The Bertz CT molecular complexity index is 627. The molecule has 0 radical (unpaired) electrons. The molecule has 0 bridgehead atoms. The molecule has 0 aliphatic heterocycles. The van der Waals surface area contributed by atoms with Crippen LogP contribution in [0.25, 0.3) is 11.5 Å². The predicted octanol–water partition coefficient (Wildman–Crippen LogP) is 1.77. The summed E-state index contributed by atoms with van der Waals surface area (Å²) < 4.78 is 5.01. The fourth-order valence-corrected chi connectivity index (χ4v) is 2.35. The van der Waals surface area contributed by atoms with E-state index in [2.05, 4.69) is 44.2 Å². The van der Waals surface area contributed by atoms with E-state index in [1.54, 1.807) is 6.20 Å². The number of aromatic nitrogens is 4. The van der Waals surface area contributed by atoms with E-state index in [0.29, 0.717) is 5.69 Å². The van der Waals surface area contributed by atoms with Gasteiger partial charge in [-0.25, -0.2) is 4.98 Å². The molecule has 2 aromatic rings. The molecule has 1 atom stereocenters. The number of nitrogens with zero attached hydrogens (tertiary/aromatic N) is 5. The van der Waals surface area contributed by atoms with Gasteiger partial charge in [-0.05, 0) is 39.4 Å². The van der Waals surface area contributed by atoms with Gasteiger partial charge in [-0.3, -0.25) is 9.78 Å². The fraction of sp³-hybridized carbons (Fsp3) is 0.562. The molecule has 1 N–H and O–H groups in total. The molecule has 2 heterocycles. The van der Waals surface area contributed by atoms with Crippen LogP contribution < -0.4 is 5.32 Å². The Hall–Kier alpha value is -2.35. The number of hydrogen-bond donors (Lipinski definition) is 1. The molecule has 0 aliphatic carbocycles. The Kier molecular flexibility index (Phi) is 6.80. The van der Waals surface area contributed by atoms with E-state index in [1.165, 1.54) is 12.4 Å². The topological polar surface area (TPSA) is 97.0 Å². The predicted molar refractivity (Wildman–Crippen MR) is 89.3 cm³/mol. The lowest BCUT2D eigenvalue weighted by Crippen LogP contribution is -2.33. The van der Waals surface area contributed by atoms with Crippen LogP contribution >= 0.6 is 0 Å². The van der Waals surface area contributed by atoms with Gasteiger partial charge in [-0.15, -0.1) is 0 Å². The van der Waals surface area contributed by atoms with Crippen LogP contribution in [-0.4, -0.2) is 56.6 Å². The zero-order valence-corrected chi connectivity index (χ0v) is 14.4. The molecule has 8 nitrogen and oxygen atoms in total. The minimum Gasteiger partial charge on any atom is -0.345 e. The molecular formula is C16H24N6O2. The van der Waals surface area contributed by atoms with Crippen molar-refractivity contribution >= 4 is 5.91 Å². The van der Waals surface area contributed by atoms with Gasteiger partial charge in [0.15, 0.2) is 0 Å². The van der Waals surface area contributed by atoms with Gasteiger partial charge in [0.25, 0.3) is 0 Å². The summed E-state index contributed by atoms with van der Waals surface area (Å²) in [6, 6.07) is 0.0416. The van der Waals surface area contributed by atoms with Crippen LogP contribution in [0, 0.1) is 0 Å². The third kappa shape index (κ3) is 5.09. The van der Waals surface area contributed by atoms with Crippen LogP contribution in [-0.2, 0) is 0 Å². The zero-order chi connectivity index (χ0) is 17.4. The summed E-state index contributed by atoms with van der Waals surface area (Å²) in [5, 5.41) is 6.65. The fourth-order valence-electron chi connectivity index (χ4n) is 2.35. The second-order valence-electron chi connectivity index (χ2n) is 5.56. The largest absolute Gasteiger partial charge is 0.345 e. The highest BCUT2D eigenvalue weighted by molar-refractivity contribution is 5.90. The normalized spacial score (nSPS) is 12.3.